The summed E-state index contributed by atoms with van der Waals surface area (Å²) in [7, 11) is 0. The highest BCUT2D eigenvalue weighted by atomic mass is 19.1. The maximum absolute atomic E-state index is 13.5. The predicted molar refractivity (Wildman–Crippen MR) is 62.8 cm³/mol. The molecule has 0 spiro atoms. The summed E-state index contributed by atoms with van der Waals surface area (Å²) in [5.74, 6) is -3.09. The van der Waals surface area contributed by atoms with Crippen molar-refractivity contribution in [2.45, 2.75) is 19.1 Å². The van der Waals surface area contributed by atoms with E-state index in [1.807, 2.05) is 0 Å². The molecule has 106 valence electrons. The van der Waals surface area contributed by atoms with Crippen LogP contribution < -0.4 is 0 Å². The molecule has 0 unspecified atom stereocenters. The first kappa shape index (κ1) is 14.3. The highest BCUT2D eigenvalue weighted by Crippen LogP contribution is 2.22. The normalized spacial score (nSPS) is 24.7. The summed E-state index contributed by atoms with van der Waals surface area (Å²) in [5, 5.41) is 18.7. The molecule has 2 rings (SSSR count). The number of aliphatic hydroxyl groups is 2. The quantitative estimate of drug-likeness (QED) is 0.873. The number of benzene rings is 1. The fourth-order valence-corrected chi connectivity index (χ4v) is 2.36. The van der Waals surface area contributed by atoms with Gasteiger partial charge in [-0.15, -0.1) is 0 Å². The van der Waals surface area contributed by atoms with Crippen molar-refractivity contribution in [1.29, 1.82) is 0 Å². The van der Waals surface area contributed by atoms with Crippen LogP contribution >= 0.6 is 0 Å². The third-order valence-corrected chi connectivity index (χ3v) is 3.50. The molecule has 6 heteroatoms. The first-order chi connectivity index (χ1) is 9.01. The van der Waals surface area contributed by atoms with Crippen molar-refractivity contribution in [3.05, 3.63) is 35.1 Å². The van der Waals surface area contributed by atoms with Gasteiger partial charge in [0.05, 0.1) is 6.10 Å². The monoisotopic (exact) mass is 275 g/mol. The molecular weight excluding hydrogens is 259 g/mol. The largest absolute Gasteiger partial charge is 0.396 e. The van der Waals surface area contributed by atoms with Gasteiger partial charge in [0.25, 0.3) is 0 Å². The molecule has 0 aliphatic carbocycles. The maximum Gasteiger partial charge on any atom is 0.133 e. The van der Waals surface area contributed by atoms with E-state index >= 15 is 0 Å². The number of rotatable bonds is 3. The molecule has 1 aliphatic heterocycles. The van der Waals surface area contributed by atoms with Crippen LogP contribution in [0, 0.1) is 23.4 Å². The molecule has 0 radical (unpaired) electrons. The molecule has 1 heterocycles. The Morgan fingerprint density at radius 2 is 1.84 bits per heavy atom. The number of hydrogen-bond acceptors (Lipinski definition) is 3. The van der Waals surface area contributed by atoms with E-state index in [0.717, 1.165) is 0 Å². The zero-order chi connectivity index (χ0) is 14.0. The van der Waals surface area contributed by atoms with E-state index in [0.29, 0.717) is 31.6 Å². The highest BCUT2D eigenvalue weighted by molar-refractivity contribution is 5.20. The summed E-state index contributed by atoms with van der Waals surface area (Å²) in [6.07, 6.45) is -0.153. The van der Waals surface area contributed by atoms with Crippen LogP contribution in [-0.2, 0) is 6.54 Å². The molecular formula is C13H16F3NO2. The fraction of sp³-hybridized carbons (Fsp3) is 0.538. The Balaban J connectivity index is 2.09. The van der Waals surface area contributed by atoms with E-state index in [1.54, 1.807) is 4.90 Å². The summed E-state index contributed by atoms with van der Waals surface area (Å²) in [4.78, 5) is 1.74. The topological polar surface area (TPSA) is 43.7 Å². The van der Waals surface area contributed by atoms with Gasteiger partial charge in [0.15, 0.2) is 0 Å². The van der Waals surface area contributed by atoms with Gasteiger partial charge in [-0.05, 0) is 6.42 Å². The van der Waals surface area contributed by atoms with E-state index in [2.05, 4.69) is 0 Å². The Labute approximate surface area is 109 Å². The molecule has 1 aliphatic rings. The first-order valence-corrected chi connectivity index (χ1v) is 6.16. The minimum atomic E-state index is -0.943. The van der Waals surface area contributed by atoms with Gasteiger partial charge >= 0.3 is 0 Å². The van der Waals surface area contributed by atoms with E-state index in [9.17, 15) is 18.3 Å². The molecule has 0 amide bonds. The molecule has 2 atom stereocenters. The number of hydrogen-bond donors (Lipinski definition) is 2. The molecule has 1 aromatic carbocycles. The number of nitrogens with zero attached hydrogens (tertiary/aromatic N) is 1. The smallest absolute Gasteiger partial charge is 0.133 e. The molecule has 2 N–H and O–H groups in total. The average Bonchev–Trinajstić information content (AvgIpc) is 2.35. The predicted octanol–water partition coefficient (Wildman–Crippen LogP) is 1.28. The van der Waals surface area contributed by atoms with Crippen molar-refractivity contribution in [3.63, 3.8) is 0 Å². The second-order valence-corrected chi connectivity index (χ2v) is 4.88. The molecule has 0 aromatic heterocycles. The Kier molecular flexibility index (Phi) is 4.44. The van der Waals surface area contributed by atoms with Crippen LogP contribution in [0.1, 0.15) is 12.0 Å². The zero-order valence-electron chi connectivity index (χ0n) is 10.3. The number of halogens is 3. The minimum Gasteiger partial charge on any atom is -0.396 e. The molecule has 19 heavy (non-hydrogen) atoms. The number of likely N-dealkylation sites (tertiary alicyclic amines) is 1. The lowest BCUT2D eigenvalue weighted by Crippen LogP contribution is -2.44. The molecule has 1 aromatic rings. The van der Waals surface area contributed by atoms with Crippen LogP contribution in [0.2, 0.25) is 0 Å². The van der Waals surface area contributed by atoms with Crippen LogP contribution in [0.3, 0.4) is 0 Å². The summed E-state index contributed by atoms with van der Waals surface area (Å²) in [6, 6.07) is 1.31. The summed E-state index contributed by atoms with van der Waals surface area (Å²) in [6.45, 7) is 0.662. The van der Waals surface area contributed by atoms with E-state index in [1.165, 1.54) is 0 Å². The molecule has 3 nitrogen and oxygen atoms in total. The van der Waals surface area contributed by atoms with Crippen LogP contribution in [0.4, 0.5) is 13.2 Å². The molecule has 0 bridgehead atoms. The first-order valence-electron chi connectivity index (χ1n) is 6.16. The zero-order valence-corrected chi connectivity index (χ0v) is 10.3. The lowest BCUT2D eigenvalue weighted by atomic mass is 9.95. The van der Waals surface area contributed by atoms with Crippen LogP contribution in [0.25, 0.3) is 0 Å². The Morgan fingerprint density at radius 1 is 1.21 bits per heavy atom. The minimum absolute atomic E-state index is 0.00116. The lowest BCUT2D eigenvalue weighted by Gasteiger charge is -2.35. The fourth-order valence-electron chi connectivity index (χ4n) is 2.36. The molecule has 0 saturated carbocycles. The van der Waals surface area contributed by atoms with Gasteiger partial charge in [-0.2, -0.15) is 0 Å². The summed E-state index contributed by atoms with van der Waals surface area (Å²) < 4.78 is 39.8. The van der Waals surface area contributed by atoms with Crippen molar-refractivity contribution in [2.75, 3.05) is 19.7 Å². The molecule has 1 saturated heterocycles. The number of piperidine rings is 1. The Hall–Kier alpha value is -1.11. The summed E-state index contributed by atoms with van der Waals surface area (Å²) in [5.41, 5.74) is -0.186. The van der Waals surface area contributed by atoms with E-state index < -0.39 is 23.6 Å². The van der Waals surface area contributed by atoms with Gasteiger partial charge < -0.3 is 10.2 Å². The van der Waals surface area contributed by atoms with Gasteiger partial charge in [0.1, 0.15) is 17.5 Å². The number of aliphatic hydroxyl groups excluding tert-OH is 2. The SMILES string of the molecule is OC[C@H]1CN(Cc2c(F)cc(F)cc2F)CC[C@H]1O. The summed E-state index contributed by atoms with van der Waals surface area (Å²) >= 11 is 0. The van der Waals surface area contributed by atoms with Gasteiger partial charge in [-0.1, -0.05) is 0 Å². The van der Waals surface area contributed by atoms with Gasteiger partial charge in [-0.25, -0.2) is 13.2 Å². The third kappa shape index (κ3) is 3.26. The second-order valence-electron chi connectivity index (χ2n) is 4.88. The Morgan fingerprint density at radius 3 is 2.42 bits per heavy atom. The molecule has 1 fully saturated rings. The van der Waals surface area contributed by atoms with Crippen LogP contribution in [-0.4, -0.2) is 40.9 Å². The van der Waals surface area contributed by atoms with Crippen LogP contribution in [0.5, 0.6) is 0 Å². The van der Waals surface area contributed by atoms with Gasteiger partial charge in [-0.3, -0.25) is 4.90 Å². The van der Waals surface area contributed by atoms with Gasteiger partial charge in [0, 0.05) is 49.9 Å². The van der Waals surface area contributed by atoms with Crippen LogP contribution in [0.15, 0.2) is 12.1 Å². The average molecular weight is 275 g/mol. The standard InChI is InChI=1S/C13H16F3NO2/c14-9-3-11(15)10(12(16)4-9)6-17-2-1-13(19)8(5-17)7-18/h3-4,8,13,18-19H,1-2,5-7H2/t8-,13-/m1/s1. The maximum atomic E-state index is 13.5. The van der Waals surface area contributed by atoms with Crippen molar-refractivity contribution < 1.29 is 23.4 Å². The van der Waals surface area contributed by atoms with Crippen molar-refractivity contribution >= 4 is 0 Å². The Bertz CT molecular complexity index is 433. The van der Waals surface area contributed by atoms with Crippen molar-refractivity contribution in [3.8, 4) is 0 Å². The van der Waals surface area contributed by atoms with E-state index in [-0.39, 0.29) is 24.6 Å². The lowest BCUT2D eigenvalue weighted by molar-refractivity contribution is -0.00254. The second kappa shape index (κ2) is 5.90. The van der Waals surface area contributed by atoms with Crippen molar-refractivity contribution in [1.82, 2.24) is 4.90 Å². The highest BCUT2D eigenvalue weighted by Gasteiger charge is 2.28. The van der Waals surface area contributed by atoms with Gasteiger partial charge in [0.2, 0.25) is 0 Å². The van der Waals surface area contributed by atoms with Crippen molar-refractivity contribution in [2.24, 2.45) is 5.92 Å². The third-order valence-electron chi connectivity index (χ3n) is 3.50. The van der Waals surface area contributed by atoms with E-state index in [4.69, 9.17) is 5.11 Å².